The number of carbonyl (C=O) groups is 3. The van der Waals surface area contributed by atoms with Crippen LogP contribution in [0, 0.1) is 0 Å². The van der Waals surface area contributed by atoms with Gasteiger partial charge >= 0.3 is 0 Å². The molecule has 4 rings (SSSR count). The Labute approximate surface area is 242 Å². The first-order valence-electron chi connectivity index (χ1n) is 12.5. The summed E-state index contributed by atoms with van der Waals surface area (Å²) in [5.74, 6) is 0.0673. The molecule has 10 heteroatoms. The monoisotopic (exact) mass is 568 g/mol. The molecule has 1 aromatic heterocycles. The maximum absolute atomic E-state index is 13.3. The molecule has 41 heavy (non-hydrogen) atoms. The van der Waals surface area contributed by atoms with Crippen LogP contribution in [0.1, 0.15) is 15.9 Å². The summed E-state index contributed by atoms with van der Waals surface area (Å²) in [6.07, 6.45) is 4.76. The quantitative estimate of drug-likeness (QED) is 0.167. The van der Waals surface area contributed by atoms with Gasteiger partial charge in [0.05, 0.1) is 25.7 Å². The van der Waals surface area contributed by atoms with E-state index in [1.807, 2.05) is 6.07 Å². The minimum atomic E-state index is -0.511. The number of methoxy groups -OCH3 is 2. The average Bonchev–Trinajstić information content (AvgIpc) is 3.00. The number of pyridine rings is 1. The molecular formula is C31H28N4O5S. The lowest BCUT2D eigenvalue weighted by Gasteiger charge is -2.13. The number of ether oxygens (including phenoxy) is 2. The Balaban J connectivity index is 1.43. The Kier molecular flexibility index (Phi) is 10.1. The van der Waals surface area contributed by atoms with Crippen LogP contribution in [0.25, 0.3) is 6.08 Å². The van der Waals surface area contributed by atoms with Crippen molar-refractivity contribution < 1.29 is 23.9 Å². The van der Waals surface area contributed by atoms with E-state index in [1.54, 1.807) is 104 Å². The first-order valence-corrected chi connectivity index (χ1v) is 13.5. The Bertz CT molecular complexity index is 1540. The fraction of sp³-hybridized carbons (Fsp3) is 0.0968. The molecule has 0 radical (unpaired) electrons. The Morgan fingerprint density at radius 1 is 0.878 bits per heavy atom. The molecule has 208 valence electrons. The molecule has 4 aromatic rings. The van der Waals surface area contributed by atoms with E-state index in [4.69, 9.17) is 9.47 Å². The lowest BCUT2D eigenvalue weighted by atomic mass is 10.2. The molecule has 3 aromatic carbocycles. The number of amides is 3. The molecule has 0 aliphatic carbocycles. The van der Waals surface area contributed by atoms with Crippen molar-refractivity contribution in [1.29, 1.82) is 0 Å². The number of rotatable bonds is 11. The number of carbonyl (C=O) groups excluding carboxylic acids is 3. The van der Waals surface area contributed by atoms with Crippen LogP contribution in [0.3, 0.4) is 0 Å². The van der Waals surface area contributed by atoms with Gasteiger partial charge < -0.3 is 25.4 Å². The fourth-order valence-corrected chi connectivity index (χ4v) is 4.43. The van der Waals surface area contributed by atoms with Crippen LogP contribution in [-0.2, 0) is 9.59 Å². The zero-order chi connectivity index (χ0) is 29.0. The van der Waals surface area contributed by atoms with Crippen molar-refractivity contribution in [2.24, 2.45) is 0 Å². The number of hydrogen-bond donors (Lipinski definition) is 3. The van der Waals surface area contributed by atoms with Crippen molar-refractivity contribution in [3.8, 4) is 11.5 Å². The van der Waals surface area contributed by atoms with Crippen LogP contribution in [0.15, 0.2) is 108 Å². The average molecular weight is 569 g/mol. The molecule has 0 fully saturated rings. The van der Waals surface area contributed by atoms with Gasteiger partial charge in [0.25, 0.3) is 11.8 Å². The minimum Gasteiger partial charge on any atom is -0.497 e. The lowest BCUT2D eigenvalue weighted by molar-refractivity contribution is -0.114. The third-order valence-electron chi connectivity index (χ3n) is 5.67. The van der Waals surface area contributed by atoms with Crippen LogP contribution in [0.5, 0.6) is 11.5 Å². The first-order chi connectivity index (χ1) is 19.9. The highest BCUT2D eigenvalue weighted by atomic mass is 32.2. The highest BCUT2D eigenvalue weighted by molar-refractivity contribution is 8.00. The summed E-state index contributed by atoms with van der Waals surface area (Å²) >= 11 is 1.30. The maximum Gasteiger partial charge on any atom is 0.272 e. The van der Waals surface area contributed by atoms with Gasteiger partial charge in [-0.25, -0.2) is 0 Å². The van der Waals surface area contributed by atoms with Crippen molar-refractivity contribution in [3.05, 3.63) is 114 Å². The molecule has 0 saturated heterocycles. The molecule has 9 nitrogen and oxygen atoms in total. The van der Waals surface area contributed by atoms with Gasteiger partial charge in [-0.1, -0.05) is 30.3 Å². The van der Waals surface area contributed by atoms with Gasteiger partial charge in [-0.15, -0.1) is 11.8 Å². The summed E-state index contributed by atoms with van der Waals surface area (Å²) in [7, 11) is 3.07. The Hall–Kier alpha value is -5.09. The molecule has 3 amide bonds. The number of hydrogen-bond acceptors (Lipinski definition) is 7. The standard InChI is InChI=1S/C31H28N4O5S/c1-39-24-13-14-28(40-2)26(18-24)34-29(36)20-41-25-12-6-11-23(17-25)33-31(38)27(16-21-8-7-15-32-19-21)35-30(37)22-9-4-3-5-10-22/h3-19H,20H2,1-2H3,(H,33,38)(H,34,36)(H,35,37)/b27-16-. The second-order valence-corrected chi connectivity index (χ2v) is 9.60. The topological polar surface area (TPSA) is 119 Å². The summed E-state index contributed by atoms with van der Waals surface area (Å²) in [6.45, 7) is 0. The van der Waals surface area contributed by atoms with E-state index in [0.29, 0.717) is 34.0 Å². The predicted octanol–water partition coefficient (Wildman–Crippen LogP) is 5.24. The van der Waals surface area contributed by atoms with E-state index in [9.17, 15) is 14.4 Å². The maximum atomic E-state index is 13.3. The number of anilines is 2. The predicted molar refractivity (Wildman–Crippen MR) is 160 cm³/mol. The second-order valence-electron chi connectivity index (χ2n) is 8.55. The van der Waals surface area contributed by atoms with E-state index in [2.05, 4.69) is 20.9 Å². The van der Waals surface area contributed by atoms with E-state index >= 15 is 0 Å². The highest BCUT2D eigenvalue weighted by Crippen LogP contribution is 2.29. The van der Waals surface area contributed by atoms with Gasteiger partial charge in [0, 0.05) is 34.6 Å². The van der Waals surface area contributed by atoms with Gasteiger partial charge in [-0.05, 0) is 60.2 Å². The third-order valence-corrected chi connectivity index (χ3v) is 6.66. The molecule has 0 atom stereocenters. The summed E-state index contributed by atoms with van der Waals surface area (Å²) in [6, 6.07) is 24.4. The molecule has 3 N–H and O–H groups in total. The molecule has 0 aliphatic heterocycles. The van der Waals surface area contributed by atoms with Crippen LogP contribution in [0.2, 0.25) is 0 Å². The number of aromatic nitrogens is 1. The van der Waals surface area contributed by atoms with Gasteiger partial charge in [0.15, 0.2) is 0 Å². The molecule has 0 saturated carbocycles. The number of nitrogens with one attached hydrogen (secondary N) is 3. The van der Waals surface area contributed by atoms with E-state index < -0.39 is 11.8 Å². The Morgan fingerprint density at radius 3 is 2.44 bits per heavy atom. The summed E-state index contributed by atoms with van der Waals surface area (Å²) in [5.41, 5.74) is 2.12. The lowest BCUT2D eigenvalue weighted by Crippen LogP contribution is -2.30. The van der Waals surface area contributed by atoms with Crippen molar-refractivity contribution >= 4 is 46.9 Å². The van der Waals surface area contributed by atoms with E-state index in [0.717, 1.165) is 4.90 Å². The molecule has 0 spiro atoms. The van der Waals surface area contributed by atoms with Crippen LogP contribution in [0.4, 0.5) is 11.4 Å². The Morgan fingerprint density at radius 2 is 1.71 bits per heavy atom. The highest BCUT2D eigenvalue weighted by Gasteiger charge is 2.16. The van der Waals surface area contributed by atoms with E-state index in [-0.39, 0.29) is 17.4 Å². The van der Waals surface area contributed by atoms with Gasteiger partial charge in [0.1, 0.15) is 17.2 Å². The molecule has 0 bridgehead atoms. The van der Waals surface area contributed by atoms with Gasteiger partial charge in [0.2, 0.25) is 5.91 Å². The summed E-state index contributed by atoms with van der Waals surface area (Å²) < 4.78 is 10.5. The molecule has 0 aliphatic rings. The van der Waals surface area contributed by atoms with Gasteiger partial charge in [-0.3, -0.25) is 19.4 Å². The SMILES string of the molecule is COc1ccc(OC)c(NC(=O)CSc2cccc(NC(=O)/C(=C/c3cccnc3)NC(=O)c3ccccc3)c2)c1. The number of benzene rings is 3. The normalized spacial score (nSPS) is 10.8. The molecular weight excluding hydrogens is 540 g/mol. The smallest absolute Gasteiger partial charge is 0.272 e. The van der Waals surface area contributed by atoms with Crippen molar-refractivity contribution in [2.45, 2.75) is 4.90 Å². The zero-order valence-electron chi connectivity index (χ0n) is 22.4. The van der Waals surface area contributed by atoms with Crippen molar-refractivity contribution in [3.63, 3.8) is 0 Å². The van der Waals surface area contributed by atoms with E-state index in [1.165, 1.54) is 18.9 Å². The van der Waals surface area contributed by atoms with Crippen LogP contribution in [-0.4, -0.2) is 42.7 Å². The molecule has 0 unspecified atom stereocenters. The van der Waals surface area contributed by atoms with Gasteiger partial charge in [-0.2, -0.15) is 0 Å². The largest absolute Gasteiger partial charge is 0.497 e. The fourth-order valence-electron chi connectivity index (χ4n) is 3.68. The number of thioether (sulfide) groups is 1. The van der Waals surface area contributed by atoms with Crippen molar-refractivity contribution in [2.75, 3.05) is 30.6 Å². The first kappa shape index (κ1) is 28.9. The van der Waals surface area contributed by atoms with Crippen LogP contribution >= 0.6 is 11.8 Å². The summed E-state index contributed by atoms with van der Waals surface area (Å²) in [4.78, 5) is 43.6. The summed E-state index contributed by atoms with van der Waals surface area (Å²) in [5, 5.41) is 8.37. The third kappa shape index (κ3) is 8.45. The second kappa shape index (κ2) is 14.3. The molecule has 1 heterocycles. The van der Waals surface area contributed by atoms with Crippen LogP contribution < -0.4 is 25.4 Å². The minimum absolute atomic E-state index is 0.0523. The van der Waals surface area contributed by atoms with Crippen molar-refractivity contribution in [1.82, 2.24) is 10.3 Å². The number of nitrogens with zero attached hydrogens (tertiary/aromatic N) is 1. The zero-order valence-corrected chi connectivity index (χ0v) is 23.2.